The van der Waals surface area contributed by atoms with E-state index in [0.717, 1.165) is 5.82 Å². The topological polar surface area (TPSA) is 65.5 Å². The number of nitrogens with one attached hydrogen (secondary N) is 1. The predicted octanol–water partition coefficient (Wildman–Crippen LogP) is 0.648. The van der Waals surface area contributed by atoms with Gasteiger partial charge in [0.05, 0.1) is 12.1 Å². The molecule has 0 unspecified atom stereocenters. The molecule has 0 bridgehead atoms. The van der Waals surface area contributed by atoms with Gasteiger partial charge in [-0.25, -0.2) is 4.98 Å². The summed E-state index contributed by atoms with van der Waals surface area (Å²) in [6.45, 7) is 3.38. The van der Waals surface area contributed by atoms with Gasteiger partial charge in [0.25, 0.3) is 5.91 Å². The Balaban J connectivity index is 2.86. The zero-order valence-electron chi connectivity index (χ0n) is 10.7. The zero-order chi connectivity index (χ0) is 13.1. The summed E-state index contributed by atoms with van der Waals surface area (Å²) in [6.07, 6.45) is 0. The molecule has 1 rings (SSSR count). The fourth-order valence-electron chi connectivity index (χ4n) is 1.21. The van der Waals surface area contributed by atoms with Gasteiger partial charge in [-0.1, -0.05) is 6.07 Å². The Labute approximate surface area is 101 Å². The molecule has 0 fully saturated rings. The van der Waals surface area contributed by atoms with Gasteiger partial charge in [0.2, 0.25) is 0 Å². The van der Waals surface area contributed by atoms with Gasteiger partial charge in [0.15, 0.2) is 0 Å². The van der Waals surface area contributed by atoms with Crippen molar-refractivity contribution >= 4 is 11.7 Å². The Hall–Kier alpha value is -1.62. The molecule has 2 N–H and O–H groups in total. The Morgan fingerprint density at radius 2 is 2.12 bits per heavy atom. The molecule has 0 aromatic carbocycles. The second-order valence-electron chi connectivity index (χ2n) is 4.77. The van der Waals surface area contributed by atoms with Gasteiger partial charge < -0.3 is 15.3 Å². The number of hydrogen-bond acceptors (Lipinski definition) is 4. The van der Waals surface area contributed by atoms with Crippen molar-refractivity contribution in [3.63, 3.8) is 0 Å². The van der Waals surface area contributed by atoms with Crippen molar-refractivity contribution in [3.8, 4) is 0 Å². The summed E-state index contributed by atoms with van der Waals surface area (Å²) >= 11 is 0. The quantitative estimate of drug-likeness (QED) is 0.807. The van der Waals surface area contributed by atoms with Gasteiger partial charge >= 0.3 is 0 Å². The van der Waals surface area contributed by atoms with Crippen LogP contribution >= 0.6 is 0 Å². The fraction of sp³-hybridized carbons (Fsp3) is 0.500. The number of pyridine rings is 1. The van der Waals surface area contributed by atoms with Gasteiger partial charge in [0.1, 0.15) is 11.5 Å². The van der Waals surface area contributed by atoms with E-state index in [1.54, 1.807) is 26.0 Å². The third-order valence-electron chi connectivity index (χ3n) is 2.27. The standard InChI is InChI=1S/C12H19N3O2/c1-12(2,8-16)14-11(17)9-6-5-7-10(13-9)15(3)4/h5-7,16H,8H2,1-4H3,(H,14,17). The van der Waals surface area contributed by atoms with E-state index >= 15 is 0 Å². The average Bonchev–Trinajstić information content (AvgIpc) is 2.28. The van der Waals surface area contributed by atoms with Crippen LogP contribution in [-0.4, -0.2) is 42.2 Å². The zero-order valence-corrected chi connectivity index (χ0v) is 10.7. The number of aromatic nitrogens is 1. The first-order valence-electron chi connectivity index (χ1n) is 5.43. The van der Waals surface area contributed by atoms with Gasteiger partial charge in [-0.15, -0.1) is 0 Å². The average molecular weight is 237 g/mol. The van der Waals surface area contributed by atoms with Crippen LogP contribution in [-0.2, 0) is 0 Å². The van der Waals surface area contributed by atoms with Crippen LogP contribution in [0.4, 0.5) is 5.82 Å². The molecule has 17 heavy (non-hydrogen) atoms. The van der Waals surface area contributed by atoms with E-state index in [9.17, 15) is 4.79 Å². The first-order chi connectivity index (χ1) is 7.85. The summed E-state index contributed by atoms with van der Waals surface area (Å²) in [4.78, 5) is 17.9. The summed E-state index contributed by atoms with van der Waals surface area (Å²) in [6, 6.07) is 5.26. The number of nitrogens with zero attached hydrogens (tertiary/aromatic N) is 2. The van der Waals surface area contributed by atoms with Crippen molar-refractivity contribution < 1.29 is 9.90 Å². The fourth-order valence-corrected chi connectivity index (χ4v) is 1.21. The highest BCUT2D eigenvalue weighted by Gasteiger charge is 2.20. The summed E-state index contributed by atoms with van der Waals surface area (Å²) in [5.74, 6) is 0.437. The van der Waals surface area contributed by atoms with Gasteiger partial charge in [-0.2, -0.15) is 0 Å². The molecular formula is C12H19N3O2. The van der Waals surface area contributed by atoms with Crippen LogP contribution in [0.2, 0.25) is 0 Å². The molecule has 0 aliphatic heterocycles. The van der Waals surface area contributed by atoms with Crippen molar-refractivity contribution in [2.24, 2.45) is 0 Å². The SMILES string of the molecule is CN(C)c1cccc(C(=O)NC(C)(C)CO)n1. The van der Waals surface area contributed by atoms with Gasteiger partial charge in [-0.05, 0) is 26.0 Å². The van der Waals surface area contributed by atoms with Gasteiger partial charge in [0, 0.05) is 14.1 Å². The second-order valence-corrected chi connectivity index (χ2v) is 4.77. The first kappa shape index (κ1) is 13.4. The molecule has 1 aromatic heterocycles. The molecule has 5 heteroatoms. The van der Waals surface area contributed by atoms with Crippen molar-refractivity contribution in [3.05, 3.63) is 23.9 Å². The molecule has 1 amide bonds. The van der Waals surface area contributed by atoms with E-state index in [1.165, 1.54) is 0 Å². The number of amides is 1. The number of anilines is 1. The minimum absolute atomic E-state index is 0.119. The first-order valence-corrected chi connectivity index (χ1v) is 5.43. The lowest BCUT2D eigenvalue weighted by Crippen LogP contribution is -2.46. The molecule has 0 saturated heterocycles. The van der Waals surface area contributed by atoms with Crippen LogP contribution < -0.4 is 10.2 Å². The van der Waals surface area contributed by atoms with E-state index in [4.69, 9.17) is 5.11 Å². The number of aliphatic hydroxyl groups excluding tert-OH is 1. The number of aliphatic hydroxyl groups is 1. The van der Waals surface area contributed by atoms with E-state index in [-0.39, 0.29) is 12.5 Å². The maximum absolute atomic E-state index is 11.9. The molecule has 1 aromatic rings. The largest absolute Gasteiger partial charge is 0.394 e. The monoisotopic (exact) mass is 237 g/mol. The summed E-state index contributed by atoms with van der Waals surface area (Å²) in [5, 5.41) is 11.8. The lowest BCUT2D eigenvalue weighted by atomic mass is 10.1. The summed E-state index contributed by atoms with van der Waals surface area (Å²) in [7, 11) is 3.73. The number of carbonyl (C=O) groups excluding carboxylic acids is 1. The van der Waals surface area contributed by atoms with E-state index in [0.29, 0.717) is 5.69 Å². The summed E-state index contributed by atoms with van der Waals surface area (Å²) < 4.78 is 0. The van der Waals surface area contributed by atoms with E-state index < -0.39 is 5.54 Å². The van der Waals surface area contributed by atoms with Crippen LogP contribution in [0.25, 0.3) is 0 Å². The van der Waals surface area contributed by atoms with Gasteiger partial charge in [-0.3, -0.25) is 4.79 Å². The molecule has 0 spiro atoms. The van der Waals surface area contributed by atoms with Crippen LogP contribution in [0.1, 0.15) is 24.3 Å². The van der Waals surface area contributed by atoms with E-state index in [2.05, 4.69) is 10.3 Å². The molecule has 0 saturated carbocycles. The lowest BCUT2D eigenvalue weighted by molar-refractivity contribution is 0.0864. The van der Waals surface area contributed by atoms with Crippen molar-refractivity contribution in [2.75, 3.05) is 25.6 Å². The van der Waals surface area contributed by atoms with Crippen LogP contribution in [0.5, 0.6) is 0 Å². The smallest absolute Gasteiger partial charge is 0.270 e. The minimum Gasteiger partial charge on any atom is -0.394 e. The third kappa shape index (κ3) is 3.71. The van der Waals surface area contributed by atoms with Crippen molar-refractivity contribution in [1.82, 2.24) is 10.3 Å². The molecule has 94 valence electrons. The Kier molecular flexibility index (Phi) is 4.07. The Morgan fingerprint density at radius 1 is 1.47 bits per heavy atom. The number of rotatable bonds is 4. The minimum atomic E-state index is -0.646. The molecule has 0 radical (unpaired) electrons. The molecule has 5 nitrogen and oxygen atoms in total. The molecular weight excluding hydrogens is 218 g/mol. The lowest BCUT2D eigenvalue weighted by Gasteiger charge is -2.23. The van der Waals surface area contributed by atoms with Crippen LogP contribution in [0.3, 0.4) is 0 Å². The molecule has 0 atom stereocenters. The highest BCUT2D eigenvalue weighted by atomic mass is 16.3. The van der Waals surface area contributed by atoms with E-state index in [1.807, 2.05) is 25.1 Å². The van der Waals surface area contributed by atoms with Crippen molar-refractivity contribution in [2.45, 2.75) is 19.4 Å². The number of hydrogen-bond donors (Lipinski definition) is 2. The van der Waals surface area contributed by atoms with Crippen LogP contribution in [0, 0.1) is 0 Å². The Bertz CT molecular complexity index is 402. The maximum Gasteiger partial charge on any atom is 0.270 e. The third-order valence-corrected chi connectivity index (χ3v) is 2.27. The molecule has 0 aliphatic rings. The molecule has 1 heterocycles. The second kappa shape index (κ2) is 5.14. The maximum atomic E-state index is 11.9. The van der Waals surface area contributed by atoms with Crippen LogP contribution in [0.15, 0.2) is 18.2 Å². The summed E-state index contributed by atoms with van der Waals surface area (Å²) in [5.41, 5.74) is -0.301. The highest BCUT2D eigenvalue weighted by Crippen LogP contribution is 2.09. The Morgan fingerprint density at radius 3 is 2.65 bits per heavy atom. The predicted molar refractivity (Wildman–Crippen MR) is 67.2 cm³/mol. The molecule has 0 aliphatic carbocycles. The van der Waals surface area contributed by atoms with Crippen molar-refractivity contribution in [1.29, 1.82) is 0 Å². The normalized spacial score (nSPS) is 11.1. The highest BCUT2D eigenvalue weighted by molar-refractivity contribution is 5.93. The number of carbonyl (C=O) groups is 1.